The number of hydrogen-bond donors (Lipinski definition) is 2. The third-order valence-electron chi connectivity index (χ3n) is 2.66. The number of aliphatic carboxylic acids is 1. The van der Waals surface area contributed by atoms with Crippen molar-refractivity contribution in [2.45, 2.75) is 39.3 Å². The van der Waals surface area contributed by atoms with Gasteiger partial charge in [-0.1, -0.05) is 43.2 Å². The predicted molar refractivity (Wildman–Crippen MR) is 70.8 cm³/mol. The van der Waals surface area contributed by atoms with Gasteiger partial charge in [-0.2, -0.15) is 0 Å². The first-order valence-corrected chi connectivity index (χ1v) is 6.24. The van der Waals surface area contributed by atoms with Gasteiger partial charge in [-0.3, -0.25) is 0 Å². The highest BCUT2D eigenvalue weighted by Gasteiger charge is 2.19. The van der Waals surface area contributed by atoms with E-state index >= 15 is 0 Å². The molecule has 0 spiro atoms. The van der Waals surface area contributed by atoms with E-state index in [0.717, 1.165) is 11.1 Å². The maximum absolute atomic E-state index is 11.5. The van der Waals surface area contributed by atoms with Crippen LogP contribution in [0.1, 0.15) is 30.9 Å². The van der Waals surface area contributed by atoms with E-state index in [4.69, 9.17) is 9.84 Å². The number of carbonyl (C=O) groups is 2. The number of carboxylic acids is 1. The predicted octanol–water partition coefficient (Wildman–Crippen LogP) is 2.47. The molecule has 1 aromatic rings. The fourth-order valence-electron chi connectivity index (χ4n) is 1.56. The zero-order valence-corrected chi connectivity index (χ0v) is 11.2. The number of amides is 1. The summed E-state index contributed by atoms with van der Waals surface area (Å²) < 4.78 is 4.98. The van der Waals surface area contributed by atoms with Crippen molar-refractivity contribution in [3.63, 3.8) is 0 Å². The minimum Gasteiger partial charge on any atom is -0.480 e. The van der Waals surface area contributed by atoms with Crippen molar-refractivity contribution in [2.24, 2.45) is 0 Å². The second-order valence-electron chi connectivity index (χ2n) is 4.39. The van der Waals surface area contributed by atoms with Gasteiger partial charge in [-0.05, 0) is 18.9 Å². The number of benzene rings is 1. The second kappa shape index (κ2) is 7.41. The van der Waals surface area contributed by atoms with Gasteiger partial charge in [0.25, 0.3) is 0 Å². The number of alkyl carbamates (subject to hydrolysis) is 1. The molecule has 0 bridgehead atoms. The van der Waals surface area contributed by atoms with Crippen molar-refractivity contribution in [1.29, 1.82) is 0 Å². The Hall–Kier alpha value is -2.04. The second-order valence-corrected chi connectivity index (χ2v) is 4.39. The van der Waals surface area contributed by atoms with Crippen LogP contribution in [-0.4, -0.2) is 23.2 Å². The normalized spacial score (nSPS) is 11.7. The van der Waals surface area contributed by atoms with Gasteiger partial charge in [-0.15, -0.1) is 0 Å². The summed E-state index contributed by atoms with van der Waals surface area (Å²) in [5, 5.41) is 11.2. The lowest BCUT2D eigenvalue weighted by molar-refractivity contribution is -0.139. The monoisotopic (exact) mass is 265 g/mol. The van der Waals surface area contributed by atoms with Crippen LogP contribution >= 0.6 is 0 Å². The van der Waals surface area contributed by atoms with E-state index in [1.807, 2.05) is 38.1 Å². The number of aryl methyl sites for hydroxylation is 1. The van der Waals surface area contributed by atoms with Gasteiger partial charge in [0.2, 0.25) is 0 Å². The summed E-state index contributed by atoms with van der Waals surface area (Å²) in [5.41, 5.74) is 1.99. The molecular formula is C14H19NO4. The van der Waals surface area contributed by atoms with Gasteiger partial charge in [-0.25, -0.2) is 9.59 Å². The molecule has 0 aliphatic heterocycles. The summed E-state index contributed by atoms with van der Waals surface area (Å²) in [4.78, 5) is 22.3. The lowest BCUT2D eigenvalue weighted by Gasteiger charge is -2.13. The smallest absolute Gasteiger partial charge is 0.408 e. The molecule has 5 heteroatoms. The first-order valence-electron chi connectivity index (χ1n) is 6.24. The molecule has 104 valence electrons. The number of ether oxygens (including phenoxy) is 1. The van der Waals surface area contributed by atoms with Crippen LogP contribution in [0.4, 0.5) is 4.79 Å². The van der Waals surface area contributed by atoms with Crippen molar-refractivity contribution >= 4 is 12.1 Å². The van der Waals surface area contributed by atoms with Crippen molar-refractivity contribution < 1.29 is 19.4 Å². The lowest BCUT2D eigenvalue weighted by atomic mass is 10.2. The van der Waals surface area contributed by atoms with Crippen molar-refractivity contribution in [1.82, 2.24) is 5.32 Å². The standard InChI is InChI=1S/C14H19NO4/c1-3-4-12(13(16)17)15-14(18)19-9-11-7-5-10(2)6-8-11/h5-8,12H,3-4,9H2,1-2H3,(H,15,18)(H,16,17)/t12-/m0/s1. The zero-order valence-electron chi connectivity index (χ0n) is 11.2. The van der Waals surface area contributed by atoms with Crippen LogP contribution in [0, 0.1) is 6.92 Å². The third kappa shape index (κ3) is 5.42. The van der Waals surface area contributed by atoms with E-state index < -0.39 is 18.1 Å². The van der Waals surface area contributed by atoms with E-state index in [-0.39, 0.29) is 6.61 Å². The largest absolute Gasteiger partial charge is 0.480 e. The molecule has 0 fully saturated rings. The Balaban J connectivity index is 2.42. The average Bonchev–Trinajstić information content (AvgIpc) is 2.37. The van der Waals surface area contributed by atoms with Crippen LogP contribution in [0.3, 0.4) is 0 Å². The molecule has 1 atom stereocenters. The topological polar surface area (TPSA) is 75.6 Å². The number of carboxylic acid groups (broad SMARTS) is 1. The van der Waals surface area contributed by atoms with Crippen molar-refractivity contribution in [3.05, 3.63) is 35.4 Å². The molecule has 0 saturated heterocycles. The highest BCUT2D eigenvalue weighted by molar-refractivity contribution is 5.79. The molecule has 1 amide bonds. The molecule has 1 rings (SSSR count). The number of hydrogen-bond acceptors (Lipinski definition) is 3. The number of nitrogens with one attached hydrogen (secondary N) is 1. The molecule has 0 aliphatic rings. The molecule has 0 aromatic heterocycles. The van der Waals surface area contributed by atoms with E-state index in [9.17, 15) is 9.59 Å². The Morgan fingerprint density at radius 2 is 1.95 bits per heavy atom. The van der Waals surface area contributed by atoms with Crippen LogP contribution in [0.5, 0.6) is 0 Å². The molecular weight excluding hydrogens is 246 g/mol. The molecule has 0 unspecified atom stereocenters. The van der Waals surface area contributed by atoms with E-state index in [1.165, 1.54) is 0 Å². The van der Waals surface area contributed by atoms with Gasteiger partial charge in [0, 0.05) is 0 Å². The van der Waals surface area contributed by atoms with Crippen LogP contribution < -0.4 is 5.32 Å². The summed E-state index contributed by atoms with van der Waals surface area (Å²) in [6, 6.07) is 6.68. The molecule has 19 heavy (non-hydrogen) atoms. The highest BCUT2D eigenvalue weighted by atomic mass is 16.5. The van der Waals surface area contributed by atoms with E-state index in [1.54, 1.807) is 0 Å². The Labute approximate surface area is 112 Å². The Morgan fingerprint density at radius 3 is 2.47 bits per heavy atom. The van der Waals surface area contributed by atoms with Gasteiger partial charge >= 0.3 is 12.1 Å². The van der Waals surface area contributed by atoms with E-state index in [0.29, 0.717) is 12.8 Å². The van der Waals surface area contributed by atoms with E-state index in [2.05, 4.69) is 5.32 Å². The molecule has 2 N–H and O–H groups in total. The average molecular weight is 265 g/mol. The molecule has 5 nitrogen and oxygen atoms in total. The molecule has 1 aromatic carbocycles. The fraction of sp³-hybridized carbons (Fsp3) is 0.429. The highest BCUT2D eigenvalue weighted by Crippen LogP contribution is 2.05. The summed E-state index contributed by atoms with van der Waals surface area (Å²) >= 11 is 0. The molecule has 0 heterocycles. The number of carbonyl (C=O) groups excluding carboxylic acids is 1. The Morgan fingerprint density at radius 1 is 1.32 bits per heavy atom. The van der Waals surface area contributed by atoms with Crippen molar-refractivity contribution in [3.8, 4) is 0 Å². The van der Waals surface area contributed by atoms with Gasteiger partial charge in [0.15, 0.2) is 0 Å². The summed E-state index contributed by atoms with van der Waals surface area (Å²) in [5.74, 6) is -1.05. The maximum atomic E-state index is 11.5. The SMILES string of the molecule is CCC[C@H](NC(=O)OCc1ccc(C)cc1)C(=O)O. The Bertz CT molecular complexity index is 428. The van der Waals surface area contributed by atoms with Gasteiger partial charge in [0.05, 0.1) is 0 Å². The third-order valence-corrected chi connectivity index (χ3v) is 2.66. The summed E-state index contributed by atoms with van der Waals surface area (Å²) in [7, 11) is 0. The summed E-state index contributed by atoms with van der Waals surface area (Å²) in [6.45, 7) is 3.96. The van der Waals surface area contributed by atoms with Crippen molar-refractivity contribution in [2.75, 3.05) is 0 Å². The zero-order chi connectivity index (χ0) is 14.3. The molecule has 0 saturated carbocycles. The van der Waals surface area contributed by atoms with Crippen LogP contribution in [0.15, 0.2) is 24.3 Å². The number of rotatable bonds is 6. The lowest BCUT2D eigenvalue weighted by Crippen LogP contribution is -2.40. The fourth-order valence-corrected chi connectivity index (χ4v) is 1.56. The summed E-state index contributed by atoms with van der Waals surface area (Å²) in [6.07, 6.45) is 0.353. The van der Waals surface area contributed by atoms with Crippen LogP contribution in [-0.2, 0) is 16.1 Å². The van der Waals surface area contributed by atoms with Gasteiger partial charge < -0.3 is 15.2 Å². The quantitative estimate of drug-likeness (QED) is 0.828. The first kappa shape index (κ1) is 15.0. The minimum atomic E-state index is -1.05. The van der Waals surface area contributed by atoms with Gasteiger partial charge in [0.1, 0.15) is 12.6 Å². The van der Waals surface area contributed by atoms with Crippen LogP contribution in [0.25, 0.3) is 0 Å². The molecule has 0 aliphatic carbocycles. The first-order chi connectivity index (χ1) is 9.02. The molecule has 0 radical (unpaired) electrons. The maximum Gasteiger partial charge on any atom is 0.408 e. The minimum absolute atomic E-state index is 0.130. The Kier molecular flexibility index (Phi) is 5.85. The van der Waals surface area contributed by atoms with Crippen LogP contribution in [0.2, 0.25) is 0 Å².